The molecule has 0 aliphatic heterocycles. The normalized spacial score (nSPS) is 10.3. The van der Waals surface area contributed by atoms with Crippen LogP contribution in [0.4, 0.5) is 11.4 Å². The first-order chi connectivity index (χ1) is 12.9. The largest absolute Gasteiger partial charge is 0.454 e. The monoisotopic (exact) mass is 392 g/mol. The highest BCUT2D eigenvalue weighted by Crippen LogP contribution is 2.23. The average molecular weight is 393 g/mol. The molecule has 0 fully saturated rings. The van der Waals surface area contributed by atoms with Crippen molar-refractivity contribution in [3.8, 4) is 0 Å². The van der Waals surface area contributed by atoms with Crippen LogP contribution in [-0.2, 0) is 9.47 Å². The summed E-state index contributed by atoms with van der Waals surface area (Å²) in [5.74, 6) is -1.34. The van der Waals surface area contributed by atoms with Gasteiger partial charge in [0, 0.05) is 37.0 Å². The van der Waals surface area contributed by atoms with Crippen molar-refractivity contribution in [2.24, 2.45) is 0 Å². The van der Waals surface area contributed by atoms with Crippen LogP contribution in [0.5, 0.6) is 0 Å². The molecule has 2 aromatic carbocycles. The van der Waals surface area contributed by atoms with Gasteiger partial charge in [-0.3, -0.25) is 14.9 Å². The van der Waals surface area contributed by atoms with Crippen LogP contribution in [0.1, 0.15) is 20.7 Å². The zero-order valence-corrected chi connectivity index (χ0v) is 15.2. The molecule has 9 heteroatoms. The number of hydrogen-bond donors (Lipinski definition) is 1. The van der Waals surface area contributed by atoms with Crippen LogP contribution < -0.4 is 5.32 Å². The molecule has 0 bridgehead atoms. The lowest BCUT2D eigenvalue weighted by Crippen LogP contribution is -2.17. The number of nitrogens with zero attached hydrogens (tertiary/aromatic N) is 1. The number of rotatable bonds is 9. The minimum Gasteiger partial charge on any atom is -0.454 e. The summed E-state index contributed by atoms with van der Waals surface area (Å²) in [5, 5.41) is 14.2. The average Bonchev–Trinajstić information content (AvgIpc) is 2.66. The van der Waals surface area contributed by atoms with Crippen molar-refractivity contribution in [3.05, 3.63) is 68.7 Å². The van der Waals surface area contributed by atoms with E-state index in [0.717, 1.165) is 6.07 Å². The van der Waals surface area contributed by atoms with Crippen molar-refractivity contribution in [1.82, 2.24) is 0 Å². The van der Waals surface area contributed by atoms with Gasteiger partial charge in [0.2, 0.25) is 5.78 Å². The predicted molar refractivity (Wildman–Crippen MR) is 99.5 cm³/mol. The molecule has 1 N–H and O–H groups in total. The second-order valence-corrected chi connectivity index (χ2v) is 5.79. The summed E-state index contributed by atoms with van der Waals surface area (Å²) in [6.07, 6.45) is 0. The molecule has 0 atom stereocenters. The number of benzene rings is 2. The third-order valence-electron chi connectivity index (χ3n) is 3.56. The summed E-state index contributed by atoms with van der Waals surface area (Å²) in [6.45, 7) is 0.215. The van der Waals surface area contributed by atoms with Crippen LogP contribution in [0.25, 0.3) is 0 Å². The highest BCUT2D eigenvalue weighted by molar-refractivity contribution is 6.34. The fourth-order valence-corrected chi connectivity index (χ4v) is 2.47. The standard InChI is InChI=1S/C18H17ClN2O6/c1-26-9-8-20-16-7-6-12(21(24)25)10-14(16)18(23)27-11-17(22)13-4-2-3-5-15(13)19/h2-7,10,20H,8-9,11H2,1H3. The Morgan fingerprint density at radius 3 is 2.59 bits per heavy atom. The predicted octanol–water partition coefficient (Wildman–Crippen LogP) is 3.35. The Morgan fingerprint density at radius 1 is 1.19 bits per heavy atom. The lowest BCUT2D eigenvalue weighted by Gasteiger charge is -2.11. The molecule has 2 rings (SSSR count). The van der Waals surface area contributed by atoms with Gasteiger partial charge in [0.15, 0.2) is 6.61 Å². The van der Waals surface area contributed by atoms with E-state index < -0.39 is 23.3 Å². The third-order valence-corrected chi connectivity index (χ3v) is 3.89. The minimum atomic E-state index is -0.862. The van der Waals surface area contributed by atoms with Crippen LogP contribution >= 0.6 is 11.6 Å². The number of anilines is 1. The molecule has 27 heavy (non-hydrogen) atoms. The Labute approximate surface area is 160 Å². The zero-order valence-electron chi connectivity index (χ0n) is 14.4. The van der Waals surface area contributed by atoms with Gasteiger partial charge in [0.25, 0.3) is 5.69 Å². The van der Waals surface area contributed by atoms with Gasteiger partial charge in [-0.15, -0.1) is 0 Å². The first-order valence-corrected chi connectivity index (χ1v) is 8.28. The smallest absolute Gasteiger partial charge is 0.340 e. The van der Waals surface area contributed by atoms with Crippen LogP contribution in [0.15, 0.2) is 42.5 Å². The number of nitro groups is 1. The molecular formula is C18H17ClN2O6. The minimum absolute atomic E-state index is 0.0488. The number of ether oxygens (including phenoxy) is 2. The second kappa shape index (κ2) is 9.65. The molecule has 0 saturated heterocycles. The number of ketones is 1. The van der Waals surface area contributed by atoms with Crippen LogP contribution in [0.2, 0.25) is 5.02 Å². The van der Waals surface area contributed by atoms with Gasteiger partial charge in [-0.25, -0.2) is 4.79 Å². The third kappa shape index (κ3) is 5.50. The highest BCUT2D eigenvalue weighted by Gasteiger charge is 2.20. The van der Waals surface area contributed by atoms with E-state index in [2.05, 4.69) is 5.32 Å². The molecule has 0 spiro atoms. The van der Waals surface area contributed by atoms with Gasteiger partial charge < -0.3 is 14.8 Å². The number of methoxy groups -OCH3 is 1. The maximum Gasteiger partial charge on any atom is 0.340 e. The summed E-state index contributed by atoms with van der Waals surface area (Å²) < 4.78 is 9.96. The van der Waals surface area contributed by atoms with E-state index in [9.17, 15) is 19.7 Å². The van der Waals surface area contributed by atoms with Gasteiger partial charge in [-0.2, -0.15) is 0 Å². The topological polar surface area (TPSA) is 108 Å². The molecule has 0 unspecified atom stereocenters. The Kier molecular flexibility index (Phi) is 7.27. The summed E-state index contributed by atoms with van der Waals surface area (Å²) in [7, 11) is 1.52. The van der Waals surface area contributed by atoms with E-state index in [4.69, 9.17) is 21.1 Å². The van der Waals surface area contributed by atoms with Crippen molar-refractivity contribution in [2.75, 3.05) is 32.2 Å². The Hall–Kier alpha value is -2.97. The van der Waals surface area contributed by atoms with Gasteiger partial charge in [0.1, 0.15) is 0 Å². The lowest BCUT2D eigenvalue weighted by atomic mass is 10.1. The fourth-order valence-electron chi connectivity index (χ4n) is 2.23. The SMILES string of the molecule is COCCNc1ccc([N+](=O)[O-])cc1C(=O)OCC(=O)c1ccccc1Cl. The first kappa shape index (κ1) is 20.3. The van der Waals surface area contributed by atoms with Crippen LogP contribution in [-0.4, -0.2) is 43.5 Å². The van der Waals surface area contributed by atoms with Crippen molar-refractivity contribution in [3.63, 3.8) is 0 Å². The molecular weight excluding hydrogens is 376 g/mol. The molecule has 0 aromatic heterocycles. The fraction of sp³-hybridized carbons (Fsp3) is 0.222. The van der Waals surface area contributed by atoms with Crippen molar-refractivity contribution >= 4 is 34.7 Å². The molecule has 0 amide bonds. The number of halogens is 1. The number of carbonyl (C=O) groups is 2. The van der Waals surface area contributed by atoms with Gasteiger partial charge >= 0.3 is 5.97 Å². The number of hydrogen-bond acceptors (Lipinski definition) is 7. The van der Waals surface area contributed by atoms with E-state index in [1.165, 1.54) is 25.3 Å². The summed E-state index contributed by atoms with van der Waals surface area (Å²) in [6, 6.07) is 10.1. The molecule has 0 aliphatic carbocycles. The van der Waals surface area contributed by atoms with E-state index in [1.807, 2.05) is 0 Å². The quantitative estimate of drug-likeness (QED) is 0.229. The number of esters is 1. The number of nitro benzene ring substituents is 1. The van der Waals surface area contributed by atoms with E-state index in [1.54, 1.807) is 18.2 Å². The Morgan fingerprint density at radius 2 is 1.93 bits per heavy atom. The molecule has 0 saturated carbocycles. The molecule has 2 aromatic rings. The van der Waals surface area contributed by atoms with Crippen molar-refractivity contribution in [1.29, 1.82) is 0 Å². The number of Topliss-reactive ketones (excluding diaryl/α,β-unsaturated/α-hetero) is 1. The van der Waals surface area contributed by atoms with Crippen LogP contribution in [0.3, 0.4) is 0 Å². The number of nitrogens with one attached hydrogen (secondary N) is 1. The van der Waals surface area contributed by atoms with E-state index in [-0.39, 0.29) is 21.8 Å². The second-order valence-electron chi connectivity index (χ2n) is 5.39. The summed E-state index contributed by atoms with van der Waals surface area (Å²) in [4.78, 5) is 34.9. The maximum absolute atomic E-state index is 12.4. The van der Waals surface area contributed by atoms with E-state index >= 15 is 0 Å². The van der Waals surface area contributed by atoms with Crippen molar-refractivity contribution in [2.45, 2.75) is 0 Å². The zero-order chi connectivity index (χ0) is 19.8. The highest BCUT2D eigenvalue weighted by atomic mass is 35.5. The lowest BCUT2D eigenvalue weighted by molar-refractivity contribution is -0.384. The molecule has 142 valence electrons. The van der Waals surface area contributed by atoms with Gasteiger partial charge in [-0.1, -0.05) is 23.7 Å². The van der Waals surface area contributed by atoms with Crippen molar-refractivity contribution < 1.29 is 24.0 Å². The van der Waals surface area contributed by atoms with Crippen LogP contribution in [0, 0.1) is 10.1 Å². The first-order valence-electron chi connectivity index (χ1n) is 7.90. The summed E-state index contributed by atoms with van der Waals surface area (Å²) >= 11 is 5.95. The van der Waals surface area contributed by atoms with Gasteiger partial charge in [-0.05, 0) is 18.2 Å². The number of carbonyl (C=O) groups excluding carboxylic acids is 2. The Balaban J connectivity index is 2.15. The molecule has 0 heterocycles. The van der Waals surface area contributed by atoms with E-state index in [0.29, 0.717) is 18.8 Å². The number of non-ortho nitro benzene ring substituents is 1. The molecule has 0 aliphatic rings. The maximum atomic E-state index is 12.4. The Bertz CT molecular complexity index is 855. The summed E-state index contributed by atoms with van der Waals surface area (Å²) in [5.41, 5.74) is 0.251. The van der Waals surface area contributed by atoms with Gasteiger partial charge in [0.05, 0.1) is 22.1 Å². The molecule has 8 nitrogen and oxygen atoms in total. The molecule has 0 radical (unpaired) electrons.